The van der Waals surface area contributed by atoms with Gasteiger partial charge < -0.3 is 9.64 Å². The molecule has 2 aromatic carbocycles. The Kier molecular flexibility index (Phi) is 4.61. The van der Waals surface area contributed by atoms with Gasteiger partial charge in [0.25, 0.3) is 0 Å². The summed E-state index contributed by atoms with van der Waals surface area (Å²) in [5, 5.41) is 0. The van der Waals surface area contributed by atoms with Gasteiger partial charge in [0.2, 0.25) is 5.91 Å². The molecule has 2 aromatic rings. The molecule has 0 bridgehead atoms. The molecular weight excluding hydrogens is 325 g/mol. The zero-order valence-corrected chi connectivity index (χ0v) is 13.6. The Balaban J connectivity index is 1.68. The van der Waals surface area contributed by atoms with Gasteiger partial charge in [-0.05, 0) is 43.3 Å². The van der Waals surface area contributed by atoms with Gasteiger partial charge in [-0.15, -0.1) is 0 Å². The third kappa shape index (κ3) is 3.57. The van der Waals surface area contributed by atoms with Crippen LogP contribution in [-0.2, 0) is 9.59 Å². The number of anilines is 1. The lowest BCUT2D eigenvalue weighted by atomic mass is 10.1. The maximum atomic E-state index is 13.9. The fraction of sp³-hybridized carbons (Fsp3) is 0.211. The molecular formula is C19H16FNO4. The molecule has 1 atom stereocenters. The number of ether oxygens (including phenoxy) is 1. The number of halogens is 1. The third-order valence-corrected chi connectivity index (χ3v) is 4.08. The maximum Gasteiger partial charge on any atom is 0.316 e. The molecule has 0 radical (unpaired) electrons. The highest BCUT2D eigenvalue weighted by atomic mass is 19.1. The lowest BCUT2D eigenvalue weighted by molar-refractivity contribution is -0.139. The molecule has 0 spiro atoms. The molecule has 0 N–H and O–H groups in total. The van der Waals surface area contributed by atoms with Crippen molar-refractivity contribution in [3.05, 3.63) is 59.9 Å². The van der Waals surface area contributed by atoms with Crippen molar-refractivity contribution in [2.45, 2.75) is 13.3 Å². The Hall–Kier alpha value is -3.02. The van der Waals surface area contributed by atoms with Gasteiger partial charge in [-0.1, -0.05) is 12.1 Å². The Labute approximate surface area is 144 Å². The Bertz CT molecular complexity index is 832. The first-order valence-electron chi connectivity index (χ1n) is 7.83. The van der Waals surface area contributed by atoms with Gasteiger partial charge in [0.15, 0.2) is 5.78 Å². The first kappa shape index (κ1) is 16.8. The van der Waals surface area contributed by atoms with E-state index >= 15 is 0 Å². The van der Waals surface area contributed by atoms with Crippen LogP contribution in [0.25, 0.3) is 0 Å². The van der Waals surface area contributed by atoms with E-state index in [9.17, 15) is 18.8 Å². The second-order valence-corrected chi connectivity index (χ2v) is 5.86. The number of amides is 1. The molecule has 1 fully saturated rings. The van der Waals surface area contributed by atoms with Gasteiger partial charge in [0.05, 0.1) is 11.6 Å². The highest BCUT2D eigenvalue weighted by molar-refractivity contribution is 5.99. The number of hydrogen-bond donors (Lipinski definition) is 0. The van der Waals surface area contributed by atoms with E-state index in [0.717, 1.165) is 0 Å². The van der Waals surface area contributed by atoms with Crippen LogP contribution in [0, 0.1) is 11.7 Å². The van der Waals surface area contributed by atoms with Crippen LogP contribution in [0.4, 0.5) is 10.1 Å². The monoisotopic (exact) mass is 341 g/mol. The molecule has 3 rings (SSSR count). The summed E-state index contributed by atoms with van der Waals surface area (Å²) in [6, 6.07) is 12.1. The average molecular weight is 341 g/mol. The van der Waals surface area contributed by atoms with Crippen LogP contribution in [-0.4, -0.2) is 24.2 Å². The number of para-hydroxylation sites is 1. The summed E-state index contributed by atoms with van der Waals surface area (Å²) in [5.74, 6) is -1.84. The van der Waals surface area contributed by atoms with Gasteiger partial charge in [-0.2, -0.15) is 0 Å². The smallest absolute Gasteiger partial charge is 0.316 e. The van der Waals surface area contributed by atoms with Crippen molar-refractivity contribution in [3.63, 3.8) is 0 Å². The van der Waals surface area contributed by atoms with Crippen LogP contribution in [0.1, 0.15) is 23.7 Å². The van der Waals surface area contributed by atoms with Crippen molar-refractivity contribution >= 4 is 23.3 Å². The standard InChI is InChI=1S/C19H16FNO4/c1-12(22)13-6-8-15(9-7-13)25-19(24)14-10-18(23)21(11-14)17-5-3-2-4-16(17)20/h2-9,14H,10-11H2,1H3/t14-/m0/s1. The molecule has 6 heteroatoms. The average Bonchev–Trinajstić information content (AvgIpc) is 2.97. The number of carbonyl (C=O) groups excluding carboxylic acids is 3. The fourth-order valence-electron chi connectivity index (χ4n) is 2.73. The number of hydrogen-bond acceptors (Lipinski definition) is 4. The predicted octanol–water partition coefficient (Wildman–Crippen LogP) is 2.99. The molecule has 0 saturated carbocycles. The number of benzene rings is 2. The molecule has 1 heterocycles. The van der Waals surface area contributed by atoms with Crippen LogP contribution in [0.2, 0.25) is 0 Å². The molecule has 128 valence electrons. The first-order chi connectivity index (χ1) is 12.0. The molecule has 25 heavy (non-hydrogen) atoms. The Morgan fingerprint density at radius 1 is 1.12 bits per heavy atom. The largest absolute Gasteiger partial charge is 0.426 e. The summed E-state index contributed by atoms with van der Waals surface area (Å²) in [6.45, 7) is 1.52. The summed E-state index contributed by atoms with van der Waals surface area (Å²) < 4.78 is 19.1. The number of esters is 1. The summed E-state index contributed by atoms with van der Waals surface area (Å²) in [7, 11) is 0. The Morgan fingerprint density at radius 2 is 1.80 bits per heavy atom. The molecule has 1 saturated heterocycles. The minimum absolute atomic E-state index is 0.0291. The first-order valence-corrected chi connectivity index (χ1v) is 7.83. The van der Waals surface area contributed by atoms with Crippen molar-refractivity contribution in [1.29, 1.82) is 0 Å². The lowest BCUT2D eigenvalue weighted by Crippen LogP contribution is -2.28. The van der Waals surface area contributed by atoms with Crippen molar-refractivity contribution in [3.8, 4) is 5.75 Å². The SMILES string of the molecule is CC(=O)c1ccc(OC(=O)[C@H]2CC(=O)N(c3ccccc3F)C2)cc1. The van der Waals surface area contributed by atoms with E-state index in [2.05, 4.69) is 0 Å². The van der Waals surface area contributed by atoms with Crippen LogP contribution in [0.3, 0.4) is 0 Å². The molecule has 1 aliphatic heterocycles. The summed E-state index contributed by atoms with van der Waals surface area (Å²) in [6.07, 6.45) is -0.0291. The van der Waals surface area contributed by atoms with Gasteiger partial charge >= 0.3 is 5.97 Å². The molecule has 0 unspecified atom stereocenters. The van der Waals surface area contributed by atoms with E-state index in [1.165, 1.54) is 42.2 Å². The summed E-state index contributed by atoms with van der Waals surface area (Å²) >= 11 is 0. The number of ketones is 1. The van der Waals surface area contributed by atoms with E-state index in [-0.39, 0.29) is 30.3 Å². The normalized spacial score (nSPS) is 16.8. The fourth-order valence-corrected chi connectivity index (χ4v) is 2.73. The highest BCUT2D eigenvalue weighted by Crippen LogP contribution is 2.28. The Morgan fingerprint density at radius 3 is 2.44 bits per heavy atom. The maximum absolute atomic E-state index is 13.9. The summed E-state index contributed by atoms with van der Waals surface area (Å²) in [5.41, 5.74) is 0.676. The van der Waals surface area contributed by atoms with E-state index in [4.69, 9.17) is 4.74 Å². The number of rotatable bonds is 4. The minimum Gasteiger partial charge on any atom is -0.426 e. The van der Waals surface area contributed by atoms with Crippen molar-refractivity contribution in [2.24, 2.45) is 5.92 Å². The predicted molar refractivity (Wildman–Crippen MR) is 88.9 cm³/mol. The van der Waals surface area contributed by atoms with Crippen molar-refractivity contribution in [1.82, 2.24) is 0 Å². The number of nitrogens with zero attached hydrogens (tertiary/aromatic N) is 1. The van der Waals surface area contributed by atoms with Crippen LogP contribution >= 0.6 is 0 Å². The molecule has 0 aliphatic carbocycles. The quantitative estimate of drug-likeness (QED) is 0.487. The summed E-state index contributed by atoms with van der Waals surface area (Å²) in [4.78, 5) is 36.9. The van der Waals surface area contributed by atoms with Gasteiger partial charge in [-0.25, -0.2) is 4.39 Å². The third-order valence-electron chi connectivity index (χ3n) is 4.08. The molecule has 5 nitrogen and oxygen atoms in total. The van der Waals surface area contributed by atoms with Crippen LogP contribution in [0.15, 0.2) is 48.5 Å². The van der Waals surface area contributed by atoms with E-state index < -0.39 is 17.7 Å². The van der Waals surface area contributed by atoms with Crippen LogP contribution in [0.5, 0.6) is 5.75 Å². The van der Waals surface area contributed by atoms with E-state index in [0.29, 0.717) is 11.3 Å². The molecule has 0 aromatic heterocycles. The van der Waals surface area contributed by atoms with Crippen LogP contribution < -0.4 is 9.64 Å². The van der Waals surface area contributed by atoms with E-state index in [1.807, 2.05) is 0 Å². The van der Waals surface area contributed by atoms with Crippen molar-refractivity contribution in [2.75, 3.05) is 11.4 Å². The van der Waals surface area contributed by atoms with Crippen molar-refractivity contribution < 1.29 is 23.5 Å². The van der Waals surface area contributed by atoms with E-state index in [1.54, 1.807) is 18.2 Å². The second kappa shape index (κ2) is 6.84. The number of Topliss-reactive ketones (excluding diaryl/α,β-unsaturated/α-hetero) is 1. The second-order valence-electron chi connectivity index (χ2n) is 5.86. The zero-order valence-electron chi connectivity index (χ0n) is 13.6. The lowest BCUT2D eigenvalue weighted by Gasteiger charge is -2.17. The molecule has 1 amide bonds. The minimum atomic E-state index is -0.667. The topological polar surface area (TPSA) is 63.7 Å². The zero-order chi connectivity index (χ0) is 18.0. The highest BCUT2D eigenvalue weighted by Gasteiger charge is 2.37. The van der Waals surface area contributed by atoms with Gasteiger partial charge in [-0.3, -0.25) is 14.4 Å². The van der Waals surface area contributed by atoms with Gasteiger partial charge in [0.1, 0.15) is 11.6 Å². The number of carbonyl (C=O) groups is 3. The van der Waals surface area contributed by atoms with Gasteiger partial charge in [0, 0.05) is 18.5 Å². The molecule has 1 aliphatic rings.